The average molecular weight is 264 g/mol. The highest BCUT2D eigenvalue weighted by Crippen LogP contribution is 2.20. The zero-order chi connectivity index (χ0) is 14.3. The summed E-state index contributed by atoms with van der Waals surface area (Å²) in [6.07, 6.45) is 0.556. The summed E-state index contributed by atoms with van der Waals surface area (Å²) < 4.78 is 4.85. The largest absolute Gasteiger partial charge is 0.455 e. The number of benzene rings is 1. The summed E-state index contributed by atoms with van der Waals surface area (Å²) in [5.41, 5.74) is 5.59. The Balaban J connectivity index is 2.56. The van der Waals surface area contributed by atoms with E-state index in [4.69, 9.17) is 10.5 Å². The molecule has 0 heterocycles. The van der Waals surface area contributed by atoms with Gasteiger partial charge in [-0.2, -0.15) is 0 Å². The first-order valence-electron chi connectivity index (χ1n) is 5.85. The number of nitrogens with two attached hydrogens (primary N) is 1. The van der Waals surface area contributed by atoms with Crippen molar-refractivity contribution in [1.82, 2.24) is 5.32 Å². The van der Waals surface area contributed by atoms with Gasteiger partial charge in [0.15, 0.2) is 6.61 Å². The highest BCUT2D eigenvalue weighted by molar-refractivity contribution is 5.95. The maximum Gasteiger partial charge on any atom is 0.318 e. The molecule has 1 atom stereocenters. The van der Waals surface area contributed by atoms with Gasteiger partial charge in [-0.05, 0) is 12.0 Å². The van der Waals surface area contributed by atoms with E-state index in [1.165, 1.54) is 0 Å². The van der Waals surface area contributed by atoms with Crippen molar-refractivity contribution in [2.45, 2.75) is 19.3 Å². The Hall–Kier alpha value is -2.37. The molecule has 0 spiro atoms. The van der Waals surface area contributed by atoms with Crippen molar-refractivity contribution < 1.29 is 19.1 Å². The molecule has 102 valence electrons. The van der Waals surface area contributed by atoms with Crippen LogP contribution in [0, 0.1) is 0 Å². The molecular formula is C13H16N2O4. The summed E-state index contributed by atoms with van der Waals surface area (Å²) in [6, 6.07) is 8.16. The van der Waals surface area contributed by atoms with Crippen LogP contribution >= 0.6 is 0 Å². The van der Waals surface area contributed by atoms with E-state index in [9.17, 15) is 14.4 Å². The summed E-state index contributed by atoms with van der Waals surface area (Å²) in [5.74, 6) is -1.68. The van der Waals surface area contributed by atoms with E-state index in [0.717, 1.165) is 5.56 Å². The molecule has 0 saturated heterocycles. The van der Waals surface area contributed by atoms with Gasteiger partial charge in [0.1, 0.15) is 0 Å². The molecule has 6 nitrogen and oxygen atoms in total. The summed E-state index contributed by atoms with van der Waals surface area (Å²) >= 11 is 0. The van der Waals surface area contributed by atoms with Gasteiger partial charge in [-0.25, -0.2) is 4.79 Å². The first kappa shape index (κ1) is 14.7. The van der Waals surface area contributed by atoms with Crippen LogP contribution in [0.3, 0.4) is 0 Å². The van der Waals surface area contributed by atoms with Gasteiger partial charge in [-0.15, -0.1) is 0 Å². The number of carbonyl (C=O) groups excluding carboxylic acids is 3. The number of primary amides is 1. The molecule has 0 unspecified atom stereocenters. The lowest BCUT2D eigenvalue weighted by Gasteiger charge is -2.14. The summed E-state index contributed by atoms with van der Waals surface area (Å²) in [7, 11) is 0. The van der Waals surface area contributed by atoms with Gasteiger partial charge < -0.3 is 10.5 Å². The van der Waals surface area contributed by atoms with Gasteiger partial charge in [0, 0.05) is 0 Å². The molecule has 1 aromatic carbocycles. The number of amides is 3. The van der Waals surface area contributed by atoms with Gasteiger partial charge >= 0.3 is 12.0 Å². The second-order valence-electron chi connectivity index (χ2n) is 3.89. The average Bonchev–Trinajstić information content (AvgIpc) is 2.38. The van der Waals surface area contributed by atoms with Crippen molar-refractivity contribution in [3.05, 3.63) is 35.9 Å². The Kier molecular flexibility index (Phi) is 5.53. The topological polar surface area (TPSA) is 98.5 Å². The van der Waals surface area contributed by atoms with Crippen LogP contribution in [0.5, 0.6) is 0 Å². The maximum atomic E-state index is 11.8. The highest BCUT2D eigenvalue weighted by Gasteiger charge is 2.21. The Morgan fingerprint density at radius 3 is 2.42 bits per heavy atom. The number of carbonyl (C=O) groups is 3. The zero-order valence-corrected chi connectivity index (χ0v) is 10.6. The van der Waals surface area contributed by atoms with E-state index in [2.05, 4.69) is 0 Å². The van der Waals surface area contributed by atoms with Crippen LogP contribution in [0.1, 0.15) is 24.8 Å². The van der Waals surface area contributed by atoms with E-state index in [-0.39, 0.29) is 0 Å². The van der Waals surface area contributed by atoms with E-state index in [1.807, 2.05) is 42.6 Å². The van der Waals surface area contributed by atoms with E-state index in [0.29, 0.717) is 6.42 Å². The SMILES string of the molecule is CC[C@@H](C(=O)OCC(=O)NC(N)=O)c1ccccc1. The van der Waals surface area contributed by atoms with Crippen LogP contribution in [-0.2, 0) is 14.3 Å². The molecule has 19 heavy (non-hydrogen) atoms. The fourth-order valence-electron chi connectivity index (χ4n) is 1.63. The molecule has 0 aromatic heterocycles. The fraction of sp³-hybridized carbons (Fsp3) is 0.308. The number of esters is 1. The van der Waals surface area contributed by atoms with Crippen molar-refractivity contribution in [2.75, 3.05) is 6.61 Å². The Labute approximate surface area is 110 Å². The van der Waals surface area contributed by atoms with Crippen LogP contribution < -0.4 is 11.1 Å². The van der Waals surface area contributed by atoms with Crippen molar-refractivity contribution >= 4 is 17.9 Å². The zero-order valence-electron chi connectivity index (χ0n) is 10.6. The van der Waals surface area contributed by atoms with E-state index < -0.39 is 30.4 Å². The van der Waals surface area contributed by atoms with Gasteiger partial charge in [0.25, 0.3) is 5.91 Å². The van der Waals surface area contributed by atoms with Crippen LogP contribution in [0.4, 0.5) is 4.79 Å². The minimum atomic E-state index is -0.976. The second kappa shape index (κ2) is 7.15. The normalized spacial score (nSPS) is 11.4. The standard InChI is InChI=1S/C13H16N2O4/c1-2-10(9-6-4-3-5-7-9)12(17)19-8-11(16)15-13(14)18/h3-7,10H,2,8H2,1H3,(H3,14,15,16,18)/t10-/m1/s1. The Bertz CT molecular complexity index is 459. The third kappa shape index (κ3) is 4.79. The first-order chi connectivity index (χ1) is 9.04. The number of ether oxygens (including phenoxy) is 1. The lowest BCUT2D eigenvalue weighted by Crippen LogP contribution is -2.38. The molecule has 0 saturated carbocycles. The number of hydrogen-bond acceptors (Lipinski definition) is 4. The van der Waals surface area contributed by atoms with Crippen molar-refractivity contribution in [3.8, 4) is 0 Å². The Morgan fingerprint density at radius 1 is 1.26 bits per heavy atom. The van der Waals surface area contributed by atoms with Crippen molar-refractivity contribution in [3.63, 3.8) is 0 Å². The number of hydrogen-bond donors (Lipinski definition) is 2. The highest BCUT2D eigenvalue weighted by atomic mass is 16.5. The molecule has 0 fully saturated rings. The van der Waals surface area contributed by atoms with Crippen LogP contribution in [0.15, 0.2) is 30.3 Å². The number of nitrogens with one attached hydrogen (secondary N) is 1. The molecule has 0 bridgehead atoms. The molecule has 3 N–H and O–H groups in total. The second-order valence-corrected chi connectivity index (χ2v) is 3.89. The molecule has 6 heteroatoms. The molecule has 0 radical (unpaired) electrons. The number of rotatable bonds is 5. The summed E-state index contributed by atoms with van der Waals surface area (Å²) in [5, 5.41) is 1.82. The minimum absolute atomic E-state index is 0.428. The third-order valence-electron chi connectivity index (χ3n) is 2.50. The molecule has 0 aliphatic rings. The maximum absolute atomic E-state index is 11.8. The van der Waals surface area contributed by atoms with Crippen LogP contribution in [-0.4, -0.2) is 24.5 Å². The quantitative estimate of drug-likeness (QED) is 0.772. The Morgan fingerprint density at radius 2 is 1.89 bits per heavy atom. The van der Waals surface area contributed by atoms with Crippen LogP contribution in [0.25, 0.3) is 0 Å². The minimum Gasteiger partial charge on any atom is -0.455 e. The molecule has 0 aliphatic carbocycles. The van der Waals surface area contributed by atoms with Gasteiger partial charge in [0.05, 0.1) is 5.92 Å². The predicted octanol–water partition coefficient (Wildman–Crippen LogP) is 0.918. The number of urea groups is 1. The van der Waals surface area contributed by atoms with Crippen molar-refractivity contribution in [1.29, 1.82) is 0 Å². The summed E-state index contributed by atoms with van der Waals surface area (Å²) in [4.78, 5) is 33.4. The molecule has 1 rings (SSSR count). The monoisotopic (exact) mass is 264 g/mol. The molecule has 0 aliphatic heterocycles. The van der Waals surface area contributed by atoms with Gasteiger partial charge in [-0.1, -0.05) is 37.3 Å². The van der Waals surface area contributed by atoms with Crippen LogP contribution in [0.2, 0.25) is 0 Å². The van der Waals surface area contributed by atoms with Gasteiger partial charge in [0.2, 0.25) is 0 Å². The first-order valence-corrected chi connectivity index (χ1v) is 5.85. The molecule has 3 amide bonds. The lowest BCUT2D eigenvalue weighted by molar-refractivity contribution is -0.149. The molecular weight excluding hydrogens is 248 g/mol. The third-order valence-corrected chi connectivity index (χ3v) is 2.50. The lowest BCUT2D eigenvalue weighted by atomic mass is 9.97. The van der Waals surface area contributed by atoms with E-state index >= 15 is 0 Å². The predicted molar refractivity (Wildman–Crippen MR) is 68.2 cm³/mol. The number of imide groups is 1. The van der Waals surface area contributed by atoms with Gasteiger partial charge in [-0.3, -0.25) is 14.9 Å². The summed E-state index contributed by atoms with van der Waals surface area (Å²) in [6.45, 7) is 1.33. The molecule has 1 aromatic rings. The van der Waals surface area contributed by atoms with Crippen molar-refractivity contribution in [2.24, 2.45) is 5.73 Å². The smallest absolute Gasteiger partial charge is 0.318 e. The van der Waals surface area contributed by atoms with E-state index in [1.54, 1.807) is 0 Å². The fourth-order valence-corrected chi connectivity index (χ4v) is 1.63.